The number of aromatic nitrogens is 2. The van der Waals surface area contributed by atoms with Crippen LogP contribution in [0.3, 0.4) is 0 Å². The van der Waals surface area contributed by atoms with E-state index in [4.69, 9.17) is 9.72 Å². The molecule has 5 heteroatoms. The van der Waals surface area contributed by atoms with Crippen LogP contribution in [0.2, 0.25) is 0 Å². The number of ether oxygens (including phenoxy) is 1. The van der Waals surface area contributed by atoms with Gasteiger partial charge in [0, 0.05) is 19.1 Å². The van der Waals surface area contributed by atoms with Gasteiger partial charge in [-0.15, -0.1) is 0 Å². The second-order valence-electron chi connectivity index (χ2n) is 6.89. The molecule has 0 bridgehead atoms. The zero-order valence-corrected chi connectivity index (χ0v) is 14.8. The lowest BCUT2D eigenvalue weighted by molar-refractivity contribution is -0.122. The Morgan fingerprint density at radius 2 is 2.17 bits per heavy atom. The first-order valence-electron chi connectivity index (χ1n) is 8.94. The quantitative estimate of drug-likeness (QED) is 0.878. The maximum Gasteiger partial charge on any atom is 0.220 e. The third-order valence-electron chi connectivity index (χ3n) is 4.62. The summed E-state index contributed by atoms with van der Waals surface area (Å²) in [5, 5.41) is 3.10. The normalized spacial score (nSPS) is 19.1. The van der Waals surface area contributed by atoms with Gasteiger partial charge in [-0.3, -0.25) is 4.79 Å². The molecule has 0 radical (unpaired) electrons. The van der Waals surface area contributed by atoms with E-state index >= 15 is 0 Å². The van der Waals surface area contributed by atoms with Crippen LogP contribution in [0, 0.1) is 0 Å². The number of hydrogen-bond acceptors (Lipinski definition) is 3. The molecule has 0 aliphatic carbocycles. The number of fused-ring (bicyclic) bond motifs is 1. The topological polar surface area (TPSA) is 56.2 Å². The summed E-state index contributed by atoms with van der Waals surface area (Å²) in [5.74, 6) is 0.983. The molecule has 1 aliphatic heterocycles. The number of hydrogen-bond donors (Lipinski definition) is 1. The van der Waals surface area contributed by atoms with Crippen molar-refractivity contribution in [3.8, 4) is 0 Å². The lowest BCUT2D eigenvalue weighted by Gasteiger charge is -2.19. The zero-order chi connectivity index (χ0) is 17.1. The summed E-state index contributed by atoms with van der Waals surface area (Å²) in [6, 6.07) is 8.30. The average molecular weight is 329 g/mol. The number of amides is 1. The van der Waals surface area contributed by atoms with Crippen molar-refractivity contribution in [2.24, 2.45) is 0 Å². The van der Waals surface area contributed by atoms with Crippen molar-refractivity contribution in [2.45, 2.75) is 64.6 Å². The fourth-order valence-electron chi connectivity index (χ4n) is 3.45. The summed E-state index contributed by atoms with van der Waals surface area (Å²) in [5.41, 5.74) is 2.09. The Labute approximate surface area is 143 Å². The highest BCUT2D eigenvalue weighted by Crippen LogP contribution is 2.25. The van der Waals surface area contributed by atoms with E-state index in [0.717, 1.165) is 42.7 Å². The molecule has 0 spiro atoms. The predicted octanol–water partition coefficient (Wildman–Crippen LogP) is 3.75. The molecule has 1 aromatic carbocycles. The summed E-state index contributed by atoms with van der Waals surface area (Å²) in [7, 11) is 0. The van der Waals surface area contributed by atoms with Crippen molar-refractivity contribution in [1.29, 1.82) is 0 Å². The van der Waals surface area contributed by atoms with E-state index in [2.05, 4.69) is 29.8 Å². The number of carbonyl (C=O) groups excluding carboxylic acids is 1. The van der Waals surface area contributed by atoms with Crippen LogP contribution in [0.5, 0.6) is 0 Å². The molecule has 2 heterocycles. The number of nitrogens with one attached hydrogen (secondary N) is 1. The first-order valence-corrected chi connectivity index (χ1v) is 8.94. The molecule has 0 saturated carbocycles. The number of para-hydroxylation sites is 2. The van der Waals surface area contributed by atoms with Crippen molar-refractivity contribution < 1.29 is 9.53 Å². The molecule has 0 unspecified atom stereocenters. The molecular weight excluding hydrogens is 302 g/mol. The molecule has 1 N–H and O–H groups in total. The highest BCUT2D eigenvalue weighted by atomic mass is 16.5. The second kappa shape index (κ2) is 7.34. The Morgan fingerprint density at radius 3 is 2.88 bits per heavy atom. The van der Waals surface area contributed by atoms with E-state index < -0.39 is 0 Å². The number of carbonyl (C=O) groups is 1. The van der Waals surface area contributed by atoms with Gasteiger partial charge in [0.2, 0.25) is 5.91 Å². The van der Waals surface area contributed by atoms with Gasteiger partial charge in [0.05, 0.1) is 23.2 Å². The van der Waals surface area contributed by atoms with Crippen molar-refractivity contribution in [1.82, 2.24) is 14.9 Å². The highest BCUT2D eigenvalue weighted by Gasteiger charge is 2.21. The monoisotopic (exact) mass is 329 g/mol. The van der Waals surface area contributed by atoms with Gasteiger partial charge in [-0.25, -0.2) is 4.98 Å². The summed E-state index contributed by atoms with van der Waals surface area (Å²) in [4.78, 5) is 17.0. The molecule has 1 aromatic heterocycles. The van der Waals surface area contributed by atoms with Crippen molar-refractivity contribution in [2.75, 3.05) is 6.61 Å². The van der Waals surface area contributed by atoms with E-state index in [1.165, 1.54) is 0 Å². The van der Waals surface area contributed by atoms with Crippen LogP contribution < -0.4 is 5.32 Å². The molecular formula is C19H27N3O2. The lowest BCUT2D eigenvalue weighted by atomic mass is 10.1. The van der Waals surface area contributed by atoms with Gasteiger partial charge in [-0.2, -0.15) is 0 Å². The van der Waals surface area contributed by atoms with Crippen LogP contribution in [0.4, 0.5) is 0 Å². The Balaban J connectivity index is 1.69. The molecule has 1 saturated heterocycles. The minimum atomic E-state index is -0.114. The maximum absolute atomic E-state index is 12.3. The minimum Gasteiger partial charge on any atom is -0.378 e. The van der Waals surface area contributed by atoms with Crippen LogP contribution in [-0.2, 0) is 9.53 Å². The Bertz CT molecular complexity index is 702. The first kappa shape index (κ1) is 17.0. The minimum absolute atomic E-state index is 0.0698. The standard InChI is InChI=1S/C19H27N3O2/c1-13(2)22-17-9-5-4-8-16(17)21-19(22)14(3)20-18(23)11-10-15-7-6-12-24-15/h4-5,8-9,13-15H,6-7,10-12H2,1-3H3,(H,20,23)/t14-,15+/m1/s1. The molecule has 130 valence electrons. The number of benzene rings is 1. The van der Waals surface area contributed by atoms with E-state index in [-0.39, 0.29) is 18.1 Å². The number of rotatable bonds is 6. The van der Waals surface area contributed by atoms with Crippen LogP contribution in [0.25, 0.3) is 11.0 Å². The fraction of sp³-hybridized carbons (Fsp3) is 0.579. The number of nitrogens with zero attached hydrogens (tertiary/aromatic N) is 2. The van der Waals surface area contributed by atoms with E-state index in [0.29, 0.717) is 12.5 Å². The third kappa shape index (κ3) is 3.61. The molecule has 24 heavy (non-hydrogen) atoms. The van der Waals surface area contributed by atoms with E-state index in [9.17, 15) is 4.79 Å². The fourth-order valence-corrected chi connectivity index (χ4v) is 3.45. The smallest absolute Gasteiger partial charge is 0.220 e. The predicted molar refractivity (Wildman–Crippen MR) is 94.9 cm³/mol. The van der Waals surface area contributed by atoms with E-state index in [1.54, 1.807) is 0 Å². The van der Waals surface area contributed by atoms with Crippen LogP contribution >= 0.6 is 0 Å². The summed E-state index contributed by atoms with van der Waals surface area (Å²) < 4.78 is 7.80. The molecule has 1 aliphatic rings. The van der Waals surface area contributed by atoms with Gasteiger partial charge in [-0.1, -0.05) is 12.1 Å². The molecule has 3 rings (SSSR count). The summed E-state index contributed by atoms with van der Waals surface area (Å²) in [6.07, 6.45) is 3.76. The average Bonchev–Trinajstić information content (AvgIpc) is 3.20. The summed E-state index contributed by atoms with van der Waals surface area (Å²) >= 11 is 0. The Kier molecular flexibility index (Phi) is 5.19. The second-order valence-corrected chi connectivity index (χ2v) is 6.89. The van der Waals surface area contributed by atoms with Gasteiger partial charge in [0.1, 0.15) is 5.82 Å². The summed E-state index contributed by atoms with van der Waals surface area (Å²) in [6.45, 7) is 7.12. The molecule has 5 nitrogen and oxygen atoms in total. The van der Waals surface area contributed by atoms with E-state index in [1.807, 2.05) is 25.1 Å². The van der Waals surface area contributed by atoms with Gasteiger partial charge < -0.3 is 14.6 Å². The van der Waals surface area contributed by atoms with Crippen molar-refractivity contribution in [3.63, 3.8) is 0 Å². The number of imidazole rings is 1. The first-order chi connectivity index (χ1) is 11.6. The molecule has 1 fully saturated rings. The van der Waals surface area contributed by atoms with Crippen LogP contribution in [-0.4, -0.2) is 28.2 Å². The Hall–Kier alpha value is -1.88. The van der Waals surface area contributed by atoms with Crippen LogP contribution in [0.15, 0.2) is 24.3 Å². The zero-order valence-electron chi connectivity index (χ0n) is 14.8. The highest BCUT2D eigenvalue weighted by molar-refractivity contribution is 5.78. The van der Waals surface area contributed by atoms with Crippen LogP contribution in [0.1, 0.15) is 64.4 Å². The molecule has 1 amide bonds. The van der Waals surface area contributed by atoms with Gasteiger partial charge in [-0.05, 0) is 52.2 Å². The molecule has 2 aromatic rings. The van der Waals surface area contributed by atoms with Crippen molar-refractivity contribution >= 4 is 16.9 Å². The van der Waals surface area contributed by atoms with Gasteiger partial charge in [0.15, 0.2) is 0 Å². The SMILES string of the molecule is CC(C)n1c([C@@H](C)NC(=O)CC[C@@H]2CCCO2)nc2ccccc21. The van der Waals surface area contributed by atoms with Crippen molar-refractivity contribution in [3.05, 3.63) is 30.1 Å². The lowest BCUT2D eigenvalue weighted by Crippen LogP contribution is -2.29. The molecule has 2 atom stereocenters. The third-order valence-corrected chi connectivity index (χ3v) is 4.62. The largest absolute Gasteiger partial charge is 0.378 e. The van der Waals surface area contributed by atoms with Gasteiger partial charge in [0.25, 0.3) is 0 Å². The maximum atomic E-state index is 12.3. The van der Waals surface area contributed by atoms with Gasteiger partial charge >= 0.3 is 0 Å². The Morgan fingerprint density at radius 1 is 1.38 bits per heavy atom.